The van der Waals surface area contributed by atoms with Crippen LogP contribution in [0.1, 0.15) is 17.5 Å². The van der Waals surface area contributed by atoms with Gasteiger partial charge in [-0.15, -0.1) is 11.8 Å². The van der Waals surface area contributed by atoms with E-state index in [1.165, 1.54) is 0 Å². The molecule has 0 radical (unpaired) electrons. The van der Waals surface area contributed by atoms with Gasteiger partial charge in [0.1, 0.15) is 5.75 Å². The third-order valence-electron chi connectivity index (χ3n) is 5.74. The largest absolute Gasteiger partial charge is 0.496 e. The van der Waals surface area contributed by atoms with Crippen LogP contribution in [0.5, 0.6) is 17.2 Å². The zero-order valence-electron chi connectivity index (χ0n) is 20.9. The molecule has 3 rings (SSSR count). The van der Waals surface area contributed by atoms with E-state index in [-0.39, 0.29) is 5.91 Å². The summed E-state index contributed by atoms with van der Waals surface area (Å²) in [6, 6.07) is 22.1. The molecule has 0 fully saturated rings. The van der Waals surface area contributed by atoms with E-state index in [0.29, 0.717) is 13.0 Å². The SMILES string of the molecule is COc1ccccc1CSc1ccc(N(C)C(=O)CCNCCc2ccc(OC)c(OC)c2)cc1. The zero-order chi connectivity index (χ0) is 25.0. The lowest BCUT2D eigenvalue weighted by atomic mass is 10.1. The summed E-state index contributed by atoms with van der Waals surface area (Å²) in [5.41, 5.74) is 3.21. The molecule has 0 saturated heterocycles. The molecule has 0 heterocycles. The topological polar surface area (TPSA) is 60.0 Å². The monoisotopic (exact) mass is 494 g/mol. The highest BCUT2D eigenvalue weighted by atomic mass is 32.2. The number of anilines is 1. The Morgan fingerprint density at radius 1 is 0.857 bits per heavy atom. The van der Waals surface area contributed by atoms with Crippen LogP contribution in [-0.4, -0.2) is 47.4 Å². The molecule has 0 saturated carbocycles. The second-order valence-electron chi connectivity index (χ2n) is 7.99. The summed E-state index contributed by atoms with van der Waals surface area (Å²) in [5.74, 6) is 3.26. The normalized spacial score (nSPS) is 10.6. The summed E-state index contributed by atoms with van der Waals surface area (Å²) in [5, 5.41) is 3.35. The number of hydrogen-bond donors (Lipinski definition) is 1. The number of methoxy groups -OCH3 is 3. The summed E-state index contributed by atoms with van der Waals surface area (Å²) in [7, 11) is 6.78. The van der Waals surface area contributed by atoms with Crippen LogP contribution < -0.4 is 24.4 Å². The molecule has 0 atom stereocenters. The summed E-state index contributed by atoms with van der Waals surface area (Å²) in [4.78, 5) is 15.5. The average Bonchev–Trinajstić information content (AvgIpc) is 2.91. The number of amides is 1. The van der Waals surface area contributed by atoms with E-state index in [2.05, 4.69) is 23.5 Å². The molecule has 3 aromatic rings. The standard InChI is InChI=1S/C28H34N2O4S/c1-30(23-10-12-24(13-11-23)35-20-22-7-5-6-8-25(22)32-2)28(31)16-18-29-17-15-21-9-14-26(33-3)27(19-21)34-4/h5-14,19,29H,15-18,20H2,1-4H3. The third kappa shape index (κ3) is 7.67. The van der Waals surface area contributed by atoms with Crippen molar-refractivity contribution in [3.05, 3.63) is 77.9 Å². The maximum atomic E-state index is 12.6. The number of rotatable bonds is 13. The molecule has 0 spiro atoms. The lowest BCUT2D eigenvalue weighted by Gasteiger charge is -2.18. The lowest BCUT2D eigenvalue weighted by molar-refractivity contribution is -0.118. The fourth-order valence-electron chi connectivity index (χ4n) is 3.65. The summed E-state index contributed by atoms with van der Waals surface area (Å²) in [6.45, 7) is 1.41. The van der Waals surface area contributed by atoms with Gasteiger partial charge in [-0.25, -0.2) is 0 Å². The Labute approximate surface area is 212 Å². The number of carbonyl (C=O) groups is 1. The van der Waals surface area contributed by atoms with E-state index in [4.69, 9.17) is 14.2 Å². The fourth-order valence-corrected chi connectivity index (χ4v) is 4.54. The van der Waals surface area contributed by atoms with Gasteiger partial charge in [0, 0.05) is 41.9 Å². The van der Waals surface area contributed by atoms with Crippen LogP contribution in [0.4, 0.5) is 5.69 Å². The number of benzene rings is 3. The van der Waals surface area contributed by atoms with Crippen molar-refractivity contribution >= 4 is 23.4 Å². The Balaban J connectivity index is 1.40. The van der Waals surface area contributed by atoms with E-state index < -0.39 is 0 Å². The molecule has 0 bridgehead atoms. The van der Waals surface area contributed by atoms with Gasteiger partial charge in [0.05, 0.1) is 21.3 Å². The van der Waals surface area contributed by atoms with Crippen molar-refractivity contribution in [2.75, 3.05) is 46.4 Å². The molecule has 3 aromatic carbocycles. The van der Waals surface area contributed by atoms with Crippen LogP contribution in [0.2, 0.25) is 0 Å². The van der Waals surface area contributed by atoms with Gasteiger partial charge in [-0.1, -0.05) is 24.3 Å². The first-order chi connectivity index (χ1) is 17.0. The molecule has 1 amide bonds. The van der Waals surface area contributed by atoms with Gasteiger partial charge in [0.2, 0.25) is 5.91 Å². The molecular weight excluding hydrogens is 460 g/mol. The summed E-state index contributed by atoms with van der Waals surface area (Å²) < 4.78 is 16.1. The molecule has 0 aliphatic heterocycles. The predicted octanol–water partition coefficient (Wildman–Crippen LogP) is 5.19. The van der Waals surface area contributed by atoms with Gasteiger partial charge in [0.25, 0.3) is 0 Å². The van der Waals surface area contributed by atoms with Gasteiger partial charge in [-0.05, 0) is 61.0 Å². The molecule has 0 unspecified atom stereocenters. The summed E-state index contributed by atoms with van der Waals surface area (Å²) >= 11 is 1.75. The number of nitrogens with one attached hydrogen (secondary N) is 1. The Kier molecular flexibility index (Phi) is 10.3. The van der Waals surface area contributed by atoms with Gasteiger partial charge in [-0.3, -0.25) is 4.79 Å². The Morgan fingerprint density at radius 2 is 1.57 bits per heavy atom. The van der Waals surface area contributed by atoms with Crippen molar-refractivity contribution in [1.29, 1.82) is 0 Å². The minimum absolute atomic E-state index is 0.0815. The van der Waals surface area contributed by atoms with Crippen LogP contribution in [0.15, 0.2) is 71.6 Å². The van der Waals surface area contributed by atoms with Crippen molar-refractivity contribution in [2.45, 2.75) is 23.5 Å². The number of ether oxygens (including phenoxy) is 3. The fraction of sp³-hybridized carbons (Fsp3) is 0.321. The van der Waals surface area contributed by atoms with Gasteiger partial charge < -0.3 is 24.4 Å². The Bertz CT molecular complexity index is 1090. The maximum Gasteiger partial charge on any atom is 0.227 e. The number of hydrogen-bond acceptors (Lipinski definition) is 6. The van der Waals surface area contributed by atoms with Crippen LogP contribution in [0.25, 0.3) is 0 Å². The smallest absolute Gasteiger partial charge is 0.227 e. The molecule has 1 N–H and O–H groups in total. The van der Waals surface area contributed by atoms with Crippen molar-refractivity contribution < 1.29 is 19.0 Å². The quantitative estimate of drug-likeness (QED) is 0.261. The van der Waals surface area contributed by atoms with Crippen molar-refractivity contribution in [3.8, 4) is 17.2 Å². The van der Waals surface area contributed by atoms with Crippen molar-refractivity contribution in [3.63, 3.8) is 0 Å². The molecule has 7 heteroatoms. The molecule has 35 heavy (non-hydrogen) atoms. The second-order valence-corrected chi connectivity index (χ2v) is 9.04. The predicted molar refractivity (Wildman–Crippen MR) is 143 cm³/mol. The van der Waals surface area contributed by atoms with Crippen LogP contribution in [0.3, 0.4) is 0 Å². The molecule has 0 aliphatic carbocycles. The van der Waals surface area contributed by atoms with E-state index in [9.17, 15) is 4.79 Å². The third-order valence-corrected chi connectivity index (χ3v) is 6.80. The minimum Gasteiger partial charge on any atom is -0.496 e. The van der Waals surface area contributed by atoms with Crippen LogP contribution >= 0.6 is 11.8 Å². The van der Waals surface area contributed by atoms with Crippen molar-refractivity contribution in [2.24, 2.45) is 0 Å². The van der Waals surface area contributed by atoms with Gasteiger partial charge in [-0.2, -0.15) is 0 Å². The van der Waals surface area contributed by atoms with E-state index in [1.807, 2.05) is 55.6 Å². The summed E-state index contributed by atoms with van der Waals surface area (Å²) in [6.07, 6.45) is 1.28. The van der Waals surface area contributed by atoms with Gasteiger partial charge >= 0.3 is 0 Å². The highest BCUT2D eigenvalue weighted by Gasteiger charge is 2.11. The number of nitrogens with zero attached hydrogens (tertiary/aromatic N) is 1. The number of carbonyl (C=O) groups excluding carboxylic acids is 1. The van der Waals surface area contributed by atoms with E-state index in [1.54, 1.807) is 38.0 Å². The molecule has 0 aliphatic rings. The highest BCUT2D eigenvalue weighted by Crippen LogP contribution is 2.29. The Morgan fingerprint density at radius 3 is 2.29 bits per heavy atom. The molecule has 6 nitrogen and oxygen atoms in total. The highest BCUT2D eigenvalue weighted by molar-refractivity contribution is 7.98. The Hall–Kier alpha value is -3.16. The van der Waals surface area contributed by atoms with Crippen molar-refractivity contribution in [1.82, 2.24) is 5.32 Å². The minimum atomic E-state index is 0.0815. The average molecular weight is 495 g/mol. The maximum absolute atomic E-state index is 12.6. The van der Waals surface area contributed by atoms with E-state index >= 15 is 0 Å². The molecule has 186 valence electrons. The number of para-hydroxylation sites is 1. The molecular formula is C28H34N2O4S. The number of thioether (sulfide) groups is 1. The van der Waals surface area contributed by atoms with Crippen LogP contribution in [0, 0.1) is 0 Å². The lowest BCUT2D eigenvalue weighted by Crippen LogP contribution is -2.30. The first kappa shape index (κ1) is 26.4. The molecule has 0 aromatic heterocycles. The van der Waals surface area contributed by atoms with E-state index in [0.717, 1.165) is 57.7 Å². The first-order valence-corrected chi connectivity index (χ1v) is 12.6. The van der Waals surface area contributed by atoms with Crippen LogP contribution in [-0.2, 0) is 17.0 Å². The van der Waals surface area contributed by atoms with Gasteiger partial charge in [0.15, 0.2) is 11.5 Å². The zero-order valence-corrected chi connectivity index (χ0v) is 21.7. The first-order valence-electron chi connectivity index (χ1n) is 11.6. The second kappa shape index (κ2) is 13.7.